The molecule has 28 heavy (non-hydrogen) atoms. The van der Waals surface area contributed by atoms with Crippen molar-refractivity contribution in [2.24, 2.45) is 11.8 Å². The van der Waals surface area contributed by atoms with Crippen molar-refractivity contribution < 1.29 is 19.4 Å². The van der Waals surface area contributed by atoms with Crippen molar-refractivity contribution in [3.05, 3.63) is 35.9 Å². The number of piperidine rings is 1. The minimum Gasteiger partial charge on any atom is -0.507 e. The molecule has 0 bridgehead atoms. The summed E-state index contributed by atoms with van der Waals surface area (Å²) in [5, 5.41) is 10.7. The molecular formula is C21H29N3O4. The minimum absolute atomic E-state index is 0.0315. The van der Waals surface area contributed by atoms with E-state index in [4.69, 9.17) is 9.47 Å². The van der Waals surface area contributed by atoms with Gasteiger partial charge in [-0.2, -0.15) is 0 Å². The predicted octanol–water partition coefficient (Wildman–Crippen LogP) is 3.16. The number of nitrogens with zero attached hydrogens (tertiary/aromatic N) is 2. The van der Waals surface area contributed by atoms with Crippen molar-refractivity contribution in [2.45, 2.75) is 32.6 Å². The van der Waals surface area contributed by atoms with Crippen LogP contribution in [0.25, 0.3) is 0 Å². The van der Waals surface area contributed by atoms with Crippen LogP contribution < -0.4 is 9.47 Å². The molecule has 0 aliphatic carbocycles. The molecule has 0 saturated carbocycles. The number of imidazole rings is 1. The van der Waals surface area contributed by atoms with Gasteiger partial charge in [0.25, 0.3) is 0 Å². The van der Waals surface area contributed by atoms with Gasteiger partial charge in [0, 0.05) is 55.0 Å². The van der Waals surface area contributed by atoms with Gasteiger partial charge in [-0.1, -0.05) is 13.8 Å². The zero-order chi connectivity index (χ0) is 20.3. The first-order valence-corrected chi connectivity index (χ1v) is 9.63. The van der Waals surface area contributed by atoms with E-state index >= 15 is 0 Å². The molecule has 1 fully saturated rings. The average Bonchev–Trinajstić information content (AvgIpc) is 3.19. The van der Waals surface area contributed by atoms with Gasteiger partial charge in [0.1, 0.15) is 17.2 Å². The highest BCUT2D eigenvalue weighted by Crippen LogP contribution is 2.42. The molecule has 152 valence electrons. The normalized spacial score (nSPS) is 20.6. The Balaban J connectivity index is 1.94. The van der Waals surface area contributed by atoms with Gasteiger partial charge in [-0.15, -0.1) is 0 Å². The maximum Gasteiger partial charge on any atom is 0.223 e. The Hall–Kier alpha value is -2.70. The molecule has 0 radical (unpaired) electrons. The molecule has 2 aromatic rings. The largest absolute Gasteiger partial charge is 0.507 e. The number of aromatic nitrogens is 2. The van der Waals surface area contributed by atoms with Gasteiger partial charge in [0.15, 0.2) is 0 Å². The molecule has 0 spiro atoms. The second-order valence-corrected chi connectivity index (χ2v) is 7.77. The van der Waals surface area contributed by atoms with Crippen molar-refractivity contribution in [1.82, 2.24) is 14.9 Å². The summed E-state index contributed by atoms with van der Waals surface area (Å²) in [7, 11) is 3.07. The van der Waals surface area contributed by atoms with Crippen LogP contribution in [-0.4, -0.2) is 53.2 Å². The molecule has 7 heteroatoms. The van der Waals surface area contributed by atoms with Gasteiger partial charge in [-0.3, -0.25) is 4.79 Å². The standard InChI is InChI=1S/C21H29N3O4/c1-13-5-14(2)11-24(10-13)20(26)8-16(17-9-22-12-23-17)21-18(25)6-15(27-3)7-19(21)28-4/h6-7,9,12-14,16,25H,5,8,10-11H2,1-4H3,(H,22,23)/t13-,14+,16?. The number of ether oxygens (including phenoxy) is 2. The quantitative estimate of drug-likeness (QED) is 0.795. The monoisotopic (exact) mass is 387 g/mol. The van der Waals surface area contributed by atoms with Crippen LogP contribution in [0.3, 0.4) is 0 Å². The number of phenols is 1. The van der Waals surface area contributed by atoms with Crippen LogP contribution in [-0.2, 0) is 4.79 Å². The maximum absolute atomic E-state index is 13.1. The van der Waals surface area contributed by atoms with Crippen molar-refractivity contribution >= 4 is 5.91 Å². The molecule has 3 rings (SSSR count). The Morgan fingerprint density at radius 2 is 2.00 bits per heavy atom. The third-order valence-corrected chi connectivity index (χ3v) is 5.39. The van der Waals surface area contributed by atoms with E-state index in [1.165, 1.54) is 20.3 Å². The molecular weight excluding hydrogens is 358 g/mol. The third kappa shape index (κ3) is 4.24. The van der Waals surface area contributed by atoms with Gasteiger partial charge < -0.3 is 24.5 Å². The SMILES string of the molecule is COc1cc(O)c(C(CC(=O)N2C[C@H](C)C[C@H](C)C2)c2cnc[nH]2)c(OC)c1. The van der Waals surface area contributed by atoms with E-state index in [1.807, 2.05) is 4.90 Å². The smallest absolute Gasteiger partial charge is 0.223 e. The van der Waals surface area contributed by atoms with Crippen LogP contribution in [0, 0.1) is 11.8 Å². The first-order chi connectivity index (χ1) is 13.4. The molecule has 1 amide bonds. The molecule has 2 heterocycles. The lowest BCUT2D eigenvalue weighted by atomic mass is 9.88. The predicted molar refractivity (Wildman–Crippen MR) is 106 cm³/mol. The molecule has 1 saturated heterocycles. The summed E-state index contributed by atoms with van der Waals surface area (Å²) < 4.78 is 10.7. The van der Waals surface area contributed by atoms with Gasteiger partial charge >= 0.3 is 0 Å². The van der Waals surface area contributed by atoms with E-state index < -0.39 is 5.92 Å². The second-order valence-electron chi connectivity index (χ2n) is 7.77. The van der Waals surface area contributed by atoms with Crippen molar-refractivity contribution in [3.8, 4) is 17.2 Å². The highest BCUT2D eigenvalue weighted by atomic mass is 16.5. The number of carbonyl (C=O) groups excluding carboxylic acids is 1. The number of amides is 1. The van der Waals surface area contributed by atoms with Crippen LogP contribution in [0.15, 0.2) is 24.7 Å². The summed E-state index contributed by atoms with van der Waals surface area (Å²) in [6.07, 6.45) is 4.62. The summed E-state index contributed by atoms with van der Waals surface area (Å²) in [6, 6.07) is 3.25. The van der Waals surface area contributed by atoms with Crippen LogP contribution >= 0.6 is 0 Å². The third-order valence-electron chi connectivity index (χ3n) is 5.39. The summed E-state index contributed by atoms with van der Waals surface area (Å²) in [6.45, 7) is 5.90. The fourth-order valence-corrected chi connectivity index (χ4v) is 4.22. The number of phenolic OH excluding ortho intramolecular Hbond substituents is 1. The lowest BCUT2D eigenvalue weighted by Crippen LogP contribution is -2.43. The van der Waals surface area contributed by atoms with Crippen LogP contribution in [0.2, 0.25) is 0 Å². The molecule has 1 unspecified atom stereocenters. The Bertz CT molecular complexity index is 796. The number of H-pyrrole nitrogens is 1. The lowest BCUT2D eigenvalue weighted by molar-refractivity contribution is -0.134. The summed E-state index contributed by atoms with van der Waals surface area (Å²) in [5.41, 5.74) is 1.31. The van der Waals surface area contributed by atoms with Crippen LogP contribution in [0.5, 0.6) is 17.2 Å². The Kier molecular flexibility index (Phi) is 6.11. The number of hydrogen-bond donors (Lipinski definition) is 2. The lowest BCUT2D eigenvalue weighted by Gasteiger charge is -2.36. The maximum atomic E-state index is 13.1. The van der Waals surface area contributed by atoms with Gasteiger partial charge in [0.2, 0.25) is 5.91 Å². The number of likely N-dealkylation sites (tertiary alicyclic amines) is 1. The number of rotatable bonds is 6. The topological polar surface area (TPSA) is 87.7 Å². The number of aromatic hydroxyl groups is 1. The molecule has 1 aromatic heterocycles. The fourth-order valence-electron chi connectivity index (χ4n) is 4.22. The highest BCUT2D eigenvalue weighted by molar-refractivity contribution is 5.78. The number of benzene rings is 1. The number of hydrogen-bond acceptors (Lipinski definition) is 5. The molecule has 7 nitrogen and oxygen atoms in total. The first-order valence-electron chi connectivity index (χ1n) is 9.63. The zero-order valence-corrected chi connectivity index (χ0v) is 16.9. The van der Waals surface area contributed by atoms with Crippen molar-refractivity contribution in [2.75, 3.05) is 27.3 Å². The molecule has 1 aromatic carbocycles. The zero-order valence-electron chi connectivity index (χ0n) is 16.9. The highest BCUT2D eigenvalue weighted by Gasteiger charge is 2.31. The molecule has 1 aliphatic heterocycles. The second kappa shape index (κ2) is 8.54. The van der Waals surface area contributed by atoms with Gasteiger partial charge in [-0.25, -0.2) is 4.98 Å². The van der Waals surface area contributed by atoms with Crippen LogP contribution in [0.4, 0.5) is 0 Å². The van der Waals surface area contributed by atoms with E-state index in [1.54, 1.807) is 18.6 Å². The summed E-state index contributed by atoms with van der Waals surface area (Å²) >= 11 is 0. The summed E-state index contributed by atoms with van der Waals surface area (Å²) in [4.78, 5) is 22.3. The number of aromatic amines is 1. The number of methoxy groups -OCH3 is 2. The van der Waals surface area contributed by atoms with Gasteiger partial charge in [0.05, 0.1) is 20.5 Å². The first kappa shape index (κ1) is 20.0. The van der Waals surface area contributed by atoms with E-state index in [2.05, 4.69) is 23.8 Å². The van der Waals surface area contributed by atoms with Crippen molar-refractivity contribution in [3.63, 3.8) is 0 Å². The molecule has 3 atom stereocenters. The Labute approximate surface area is 165 Å². The molecule has 2 N–H and O–H groups in total. The Morgan fingerprint density at radius 3 is 2.57 bits per heavy atom. The number of nitrogens with one attached hydrogen (secondary N) is 1. The van der Waals surface area contributed by atoms with E-state index in [9.17, 15) is 9.90 Å². The van der Waals surface area contributed by atoms with E-state index in [-0.39, 0.29) is 18.1 Å². The minimum atomic E-state index is -0.400. The van der Waals surface area contributed by atoms with E-state index in [0.717, 1.165) is 25.2 Å². The van der Waals surface area contributed by atoms with Gasteiger partial charge in [-0.05, 0) is 18.3 Å². The molecule has 1 aliphatic rings. The average molecular weight is 387 g/mol. The fraction of sp³-hybridized carbons (Fsp3) is 0.524. The summed E-state index contributed by atoms with van der Waals surface area (Å²) in [5.74, 6) is 1.64. The van der Waals surface area contributed by atoms with Crippen LogP contribution in [0.1, 0.15) is 43.9 Å². The Morgan fingerprint density at radius 1 is 1.29 bits per heavy atom. The van der Waals surface area contributed by atoms with Crippen molar-refractivity contribution in [1.29, 1.82) is 0 Å². The van der Waals surface area contributed by atoms with E-state index in [0.29, 0.717) is 28.9 Å². The number of carbonyl (C=O) groups is 1.